The first-order chi connectivity index (χ1) is 13.7. The standard InChI is InChI=1S/C19H19FN6O2/c1-27-18-17-13(12-2-3-16-21-6-8-25(16)10-12)4-7-26(17)24-19(23-18)22-15-5-9-28-11-14(15)20/h2-4,6-8,10,14-15H,5,9,11H2,1H3,(H,22,24)/t14-,15-/m1/s1. The molecule has 0 spiro atoms. The molecule has 1 aliphatic rings. The molecule has 9 heteroatoms. The van der Waals surface area contributed by atoms with Gasteiger partial charge in [0.1, 0.15) is 17.3 Å². The van der Waals surface area contributed by atoms with E-state index in [-0.39, 0.29) is 12.6 Å². The number of alkyl halides is 1. The molecule has 4 aromatic rings. The van der Waals surface area contributed by atoms with Crippen LogP contribution in [0.1, 0.15) is 6.42 Å². The van der Waals surface area contributed by atoms with E-state index < -0.39 is 6.17 Å². The van der Waals surface area contributed by atoms with E-state index in [1.807, 2.05) is 41.2 Å². The second-order valence-electron chi connectivity index (χ2n) is 6.71. The second-order valence-corrected chi connectivity index (χ2v) is 6.71. The van der Waals surface area contributed by atoms with Crippen molar-refractivity contribution in [2.75, 3.05) is 25.6 Å². The van der Waals surface area contributed by atoms with E-state index in [2.05, 4.69) is 20.4 Å². The number of pyridine rings is 1. The number of imidazole rings is 1. The van der Waals surface area contributed by atoms with Crippen LogP contribution in [0.25, 0.3) is 22.3 Å². The average molecular weight is 382 g/mol. The number of aromatic nitrogens is 5. The summed E-state index contributed by atoms with van der Waals surface area (Å²) in [5, 5.41) is 7.58. The van der Waals surface area contributed by atoms with Crippen molar-refractivity contribution in [1.29, 1.82) is 0 Å². The van der Waals surface area contributed by atoms with E-state index in [0.717, 1.165) is 22.3 Å². The minimum absolute atomic E-state index is 0.0848. The largest absolute Gasteiger partial charge is 0.479 e. The van der Waals surface area contributed by atoms with Crippen molar-refractivity contribution in [1.82, 2.24) is 24.0 Å². The highest BCUT2D eigenvalue weighted by atomic mass is 19.1. The summed E-state index contributed by atoms with van der Waals surface area (Å²) in [7, 11) is 1.56. The van der Waals surface area contributed by atoms with Gasteiger partial charge in [0.15, 0.2) is 0 Å². The summed E-state index contributed by atoms with van der Waals surface area (Å²) in [4.78, 5) is 8.74. The molecule has 5 heterocycles. The Morgan fingerprint density at radius 1 is 1.29 bits per heavy atom. The maximum atomic E-state index is 14.1. The molecule has 1 aliphatic heterocycles. The normalized spacial score (nSPS) is 19.9. The molecule has 0 aliphatic carbocycles. The molecule has 0 radical (unpaired) electrons. The molecule has 1 saturated heterocycles. The third-order valence-electron chi connectivity index (χ3n) is 4.97. The molecule has 4 aromatic heterocycles. The van der Waals surface area contributed by atoms with Gasteiger partial charge < -0.3 is 19.2 Å². The second kappa shape index (κ2) is 6.75. The lowest BCUT2D eigenvalue weighted by molar-refractivity contribution is 0.0284. The highest BCUT2D eigenvalue weighted by Crippen LogP contribution is 2.31. The summed E-state index contributed by atoms with van der Waals surface area (Å²) in [6.45, 7) is 0.600. The van der Waals surface area contributed by atoms with Crippen LogP contribution in [0.3, 0.4) is 0 Å². The van der Waals surface area contributed by atoms with Crippen molar-refractivity contribution in [2.24, 2.45) is 0 Å². The molecule has 28 heavy (non-hydrogen) atoms. The van der Waals surface area contributed by atoms with Crippen LogP contribution in [0, 0.1) is 0 Å². The van der Waals surface area contributed by atoms with Gasteiger partial charge in [0.25, 0.3) is 0 Å². The Morgan fingerprint density at radius 2 is 2.21 bits per heavy atom. The number of fused-ring (bicyclic) bond motifs is 2. The monoisotopic (exact) mass is 382 g/mol. The number of hydrogen-bond donors (Lipinski definition) is 1. The lowest BCUT2D eigenvalue weighted by atomic mass is 10.1. The maximum Gasteiger partial charge on any atom is 0.244 e. The zero-order valence-corrected chi connectivity index (χ0v) is 15.2. The first kappa shape index (κ1) is 16.9. The number of methoxy groups -OCH3 is 1. The van der Waals surface area contributed by atoms with Crippen molar-refractivity contribution in [2.45, 2.75) is 18.6 Å². The Hall–Kier alpha value is -3.20. The molecule has 0 aromatic carbocycles. The number of rotatable bonds is 4. The molecule has 0 bridgehead atoms. The molecule has 8 nitrogen and oxygen atoms in total. The van der Waals surface area contributed by atoms with Crippen LogP contribution < -0.4 is 10.1 Å². The van der Waals surface area contributed by atoms with Crippen LogP contribution in [0.4, 0.5) is 10.3 Å². The zero-order chi connectivity index (χ0) is 19.1. The van der Waals surface area contributed by atoms with E-state index >= 15 is 0 Å². The SMILES string of the molecule is COc1nc(N[C@@H]2CCOC[C@H]2F)nn2ccc(-c3ccc4nccn4c3)c12. The average Bonchev–Trinajstić information content (AvgIpc) is 3.35. The van der Waals surface area contributed by atoms with Crippen LogP contribution in [-0.2, 0) is 4.74 Å². The van der Waals surface area contributed by atoms with Gasteiger partial charge in [-0.25, -0.2) is 13.9 Å². The Kier molecular flexibility index (Phi) is 4.09. The smallest absolute Gasteiger partial charge is 0.244 e. The van der Waals surface area contributed by atoms with E-state index in [4.69, 9.17) is 9.47 Å². The highest BCUT2D eigenvalue weighted by Gasteiger charge is 2.26. The topological polar surface area (TPSA) is 78.0 Å². The van der Waals surface area contributed by atoms with Gasteiger partial charge in [-0.05, 0) is 24.6 Å². The lowest BCUT2D eigenvalue weighted by Gasteiger charge is -2.26. The summed E-state index contributed by atoms with van der Waals surface area (Å²) >= 11 is 0. The first-order valence-electron chi connectivity index (χ1n) is 9.08. The molecular formula is C19H19FN6O2. The zero-order valence-electron chi connectivity index (χ0n) is 15.2. The molecule has 1 fully saturated rings. The quantitative estimate of drug-likeness (QED) is 0.585. The fourth-order valence-corrected chi connectivity index (χ4v) is 3.54. The van der Waals surface area contributed by atoms with E-state index in [9.17, 15) is 4.39 Å². The molecule has 0 amide bonds. The summed E-state index contributed by atoms with van der Waals surface area (Å²) in [6.07, 6.45) is 6.96. The fourth-order valence-electron chi connectivity index (χ4n) is 3.54. The van der Waals surface area contributed by atoms with Gasteiger partial charge >= 0.3 is 0 Å². The number of nitrogens with zero attached hydrogens (tertiary/aromatic N) is 5. The Balaban J connectivity index is 1.55. The molecule has 144 valence electrons. The van der Waals surface area contributed by atoms with Crippen LogP contribution in [0.15, 0.2) is 43.0 Å². The molecule has 5 rings (SSSR count). The minimum atomic E-state index is -1.10. The van der Waals surface area contributed by atoms with E-state index in [0.29, 0.717) is 24.9 Å². The molecule has 1 N–H and O–H groups in total. The van der Waals surface area contributed by atoms with E-state index in [1.54, 1.807) is 17.8 Å². The van der Waals surface area contributed by atoms with Crippen molar-refractivity contribution < 1.29 is 13.9 Å². The fraction of sp³-hybridized carbons (Fsp3) is 0.316. The number of halogens is 1. The van der Waals surface area contributed by atoms with E-state index in [1.165, 1.54) is 0 Å². The summed E-state index contributed by atoms with van der Waals surface area (Å²) in [5.41, 5.74) is 3.55. The van der Waals surface area contributed by atoms with Gasteiger partial charge in [0.05, 0.1) is 19.8 Å². The van der Waals surface area contributed by atoms with Crippen molar-refractivity contribution >= 4 is 17.1 Å². The van der Waals surface area contributed by atoms with Crippen LogP contribution in [0.5, 0.6) is 5.88 Å². The Morgan fingerprint density at radius 3 is 3.07 bits per heavy atom. The Labute approximate surface area is 159 Å². The lowest BCUT2D eigenvalue weighted by Crippen LogP contribution is -2.39. The van der Waals surface area contributed by atoms with Gasteiger partial charge in [-0.15, -0.1) is 5.10 Å². The van der Waals surface area contributed by atoms with Crippen molar-refractivity contribution in [3.63, 3.8) is 0 Å². The number of ether oxygens (including phenoxy) is 2. The van der Waals surface area contributed by atoms with Gasteiger partial charge in [0.2, 0.25) is 11.8 Å². The van der Waals surface area contributed by atoms with Gasteiger partial charge in [-0.2, -0.15) is 4.98 Å². The van der Waals surface area contributed by atoms with Crippen LogP contribution in [-0.4, -0.2) is 56.5 Å². The summed E-state index contributed by atoms with van der Waals surface area (Å²) in [5.74, 6) is 0.747. The third-order valence-corrected chi connectivity index (χ3v) is 4.97. The summed E-state index contributed by atoms with van der Waals surface area (Å²) in [6, 6.07) is 5.53. The number of nitrogens with one attached hydrogen (secondary N) is 1. The molecule has 0 saturated carbocycles. The first-order valence-corrected chi connectivity index (χ1v) is 9.08. The van der Waals surface area contributed by atoms with Crippen LogP contribution >= 0.6 is 0 Å². The van der Waals surface area contributed by atoms with Crippen molar-refractivity contribution in [3.05, 3.63) is 43.0 Å². The highest BCUT2D eigenvalue weighted by molar-refractivity contribution is 5.84. The van der Waals surface area contributed by atoms with Crippen LogP contribution in [0.2, 0.25) is 0 Å². The maximum absolute atomic E-state index is 14.1. The predicted octanol–water partition coefficient (Wildman–Crippen LogP) is 2.59. The van der Waals surface area contributed by atoms with Gasteiger partial charge in [-0.3, -0.25) is 0 Å². The van der Waals surface area contributed by atoms with Gasteiger partial charge in [-0.1, -0.05) is 0 Å². The van der Waals surface area contributed by atoms with Crippen molar-refractivity contribution in [3.8, 4) is 17.0 Å². The Bertz CT molecular complexity index is 1140. The molecule has 0 unspecified atom stereocenters. The summed E-state index contributed by atoms with van der Waals surface area (Å²) < 4.78 is 28.4. The third kappa shape index (κ3) is 2.84. The number of anilines is 1. The minimum Gasteiger partial charge on any atom is -0.479 e. The predicted molar refractivity (Wildman–Crippen MR) is 101 cm³/mol. The van der Waals surface area contributed by atoms with Gasteiger partial charge in [0, 0.05) is 42.5 Å². The molecule has 2 atom stereocenters. The number of hydrogen-bond acceptors (Lipinski definition) is 6. The molecular weight excluding hydrogens is 363 g/mol.